The van der Waals surface area contributed by atoms with Gasteiger partial charge in [-0.3, -0.25) is 9.59 Å². The Bertz CT molecular complexity index is 620. The van der Waals surface area contributed by atoms with Gasteiger partial charge in [0, 0.05) is 37.8 Å². The van der Waals surface area contributed by atoms with Gasteiger partial charge in [-0.25, -0.2) is 4.39 Å². The van der Waals surface area contributed by atoms with Gasteiger partial charge in [-0.2, -0.15) is 0 Å². The highest BCUT2D eigenvalue weighted by Gasteiger charge is 2.30. The van der Waals surface area contributed by atoms with E-state index in [0.717, 1.165) is 30.6 Å². The Morgan fingerprint density at radius 2 is 2.26 bits per heavy atom. The molecule has 2 unspecified atom stereocenters. The molecule has 2 atom stereocenters. The Morgan fingerprint density at radius 3 is 2.96 bits per heavy atom. The molecule has 0 aromatic heterocycles. The number of hydrogen-bond acceptors (Lipinski definition) is 3. The number of nitrogens with zero attached hydrogens (tertiary/aromatic N) is 1. The highest BCUT2D eigenvalue weighted by Crippen LogP contribution is 2.24. The highest BCUT2D eigenvalue weighted by atomic mass is 19.1. The van der Waals surface area contributed by atoms with Crippen LogP contribution in [-0.4, -0.2) is 37.5 Å². The summed E-state index contributed by atoms with van der Waals surface area (Å²) in [6, 6.07) is 4.87. The van der Waals surface area contributed by atoms with E-state index in [9.17, 15) is 14.0 Å². The molecule has 2 heterocycles. The number of aryl methyl sites for hydroxylation is 1. The maximum Gasteiger partial charge on any atom is 0.225 e. The first-order valence-corrected chi connectivity index (χ1v) is 8.11. The standard InChI is InChI=1S/C17H22FN3O2/c1-11-7-13(18)4-5-15(11)21-6-2-3-14(10-21)20-17(23)12-8-16(22)19-9-12/h4-5,7,12,14H,2-3,6,8-10H2,1H3,(H,19,22)(H,20,23). The van der Waals surface area contributed by atoms with Crippen LogP contribution < -0.4 is 15.5 Å². The minimum atomic E-state index is -0.259. The fourth-order valence-electron chi connectivity index (χ4n) is 3.40. The number of halogens is 1. The number of anilines is 1. The minimum absolute atomic E-state index is 0.0500. The zero-order valence-corrected chi connectivity index (χ0v) is 13.3. The molecule has 2 aliphatic heterocycles. The molecule has 124 valence electrons. The van der Waals surface area contributed by atoms with E-state index in [1.165, 1.54) is 12.1 Å². The second-order valence-electron chi connectivity index (χ2n) is 6.43. The number of nitrogens with one attached hydrogen (secondary N) is 2. The van der Waals surface area contributed by atoms with E-state index in [4.69, 9.17) is 0 Å². The van der Waals surface area contributed by atoms with Crippen LogP contribution in [0.2, 0.25) is 0 Å². The third-order valence-electron chi connectivity index (χ3n) is 4.62. The number of amides is 2. The van der Waals surface area contributed by atoms with Crippen LogP contribution in [-0.2, 0) is 9.59 Å². The predicted molar refractivity (Wildman–Crippen MR) is 85.6 cm³/mol. The summed E-state index contributed by atoms with van der Waals surface area (Å²) in [4.78, 5) is 25.7. The summed E-state index contributed by atoms with van der Waals surface area (Å²) >= 11 is 0. The van der Waals surface area contributed by atoms with E-state index in [-0.39, 0.29) is 36.0 Å². The van der Waals surface area contributed by atoms with Crippen LogP contribution >= 0.6 is 0 Å². The molecule has 2 aliphatic rings. The Balaban J connectivity index is 1.62. The van der Waals surface area contributed by atoms with E-state index < -0.39 is 0 Å². The fourth-order valence-corrected chi connectivity index (χ4v) is 3.40. The number of carbonyl (C=O) groups excluding carboxylic acids is 2. The van der Waals surface area contributed by atoms with Crippen molar-refractivity contribution in [3.05, 3.63) is 29.6 Å². The largest absolute Gasteiger partial charge is 0.369 e. The Hall–Kier alpha value is -2.11. The Kier molecular flexibility index (Phi) is 4.50. The highest BCUT2D eigenvalue weighted by molar-refractivity contribution is 5.89. The van der Waals surface area contributed by atoms with Crippen LogP contribution in [0.25, 0.3) is 0 Å². The van der Waals surface area contributed by atoms with Crippen LogP contribution in [0.1, 0.15) is 24.8 Å². The van der Waals surface area contributed by atoms with Gasteiger partial charge in [-0.1, -0.05) is 0 Å². The molecule has 5 nitrogen and oxygen atoms in total. The number of hydrogen-bond donors (Lipinski definition) is 2. The van der Waals surface area contributed by atoms with Gasteiger partial charge in [-0.15, -0.1) is 0 Å². The van der Waals surface area contributed by atoms with Gasteiger partial charge in [-0.05, 0) is 43.5 Å². The first-order chi connectivity index (χ1) is 11.0. The number of carbonyl (C=O) groups is 2. The zero-order chi connectivity index (χ0) is 16.4. The molecular weight excluding hydrogens is 297 g/mol. The van der Waals surface area contributed by atoms with Crippen molar-refractivity contribution in [1.82, 2.24) is 10.6 Å². The molecule has 0 saturated carbocycles. The quantitative estimate of drug-likeness (QED) is 0.884. The third kappa shape index (κ3) is 3.63. The van der Waals surface area contributed by atoms with Crippen LogP contribution in [0.5, 0.6) is 0 Å². The molecule has 6 heteroatoms. The first kappa shape index (κ1) is 15.8. The van der Waals surface area contributed by atoms with Gasteiger partial charge in [0.05, 0.1) is 5.92 Å². The van der Waals surface area contributed by atoms with E-state index in [1.54, 1.807) is 6.07 Å². The number of piperidine rings is 1. The van der Waals surface area contributed by atoms with Crippen molar-refractivity contribution in [3.8, 4) is 0 Å². The Morgan fingerprint density at radius 1 is 1.43 bits per heavy atom. The summed E-state index contributed by atoms with van der Waals surface area (Å²) in [5.41, 5.74) is 1.92. The molecule has 0 radical (unpaired) electrons. The number of rotatable bonds is 3. The van der Waals surface area contributed by atoms with Gasteiger partial charge in [0.2, 0.25) is 11.8 Å². The average Bonchev–Trinajstić information content (AvgIpc) is 2.94. The Labute approximate surface area is 135 Å². The van der Waals surface area contributed by atoms with Crippen LogP contribution in [0.4, 0.5) is 10.1 Å². The lowest BCUT2D eigenvalue weighted by Crippen LogP contribution is -2.49. The summed E-state index contributed by atoms with van der Waals surface area (Å²) in [6.45, 7) is 3.95. The molecule has 23 heavy (non-hydrogen) atoms. The van der Waals surface area contributed by atoms with Gasteiger partial charge in [0.25, 0.3) is 0 Å². The predicted octanol–water partition coefficient (Wildman–Crippen LogP) is 1.36. The SMILES string of the molecule is Cc1cc(F)ccc1N1CCCC(NC(=O)C2CNC(=O)C2)C1. The van der Waals surface area contributed by atoms with Crippen molar-refractivity contribution in [3.63, 3.8) is 0 Å². The van der Waals surface area contributed by atoms with E-state index in [2.05, 4.69) is 15.5 Å². The lowest BCUT2D eigenvalue weighted by Gasteiger charge is -2.36. The molecule has 1 aromatic carbocycles. The fraction of sp³-hybridized carbons (Fsp3) is 0.529. The summed E-state index contributed by atoms with van der Waals surface area (Å²) in [5.74, 6) is -0.597. The van der Waals surface area contributed by atoms with E-state index >= 15 is 0 Å². The molecule has 3 rings (SSSR count). The van der Waals surface area contributed by atoms with Gasteiger partial charge >= 0.3 is 0 Å². The van der Waals surface area contributed by atoms with Crippen molar-refractivity contribution >= 4 is 17.5 Å². The molecule has 0 spiro atoms. The lowest BCUT2D eigenvalue weighted by molar-refractivity contribution is -0.127. The third-order valence-corrected chi connectivity index (χ3v) is 4.62. The topological polar surface area (TPSA) is 61.4 Å². The summed E-state index contributed by atoms with van der Waals surface area (Å²) in [5, 5.41) is 5.75. The molecular formula is C17H22FN3O2. The van der Waals surface area contributed by atoms with E-state index in [1.807, 2.05) is 6.92 Å². The monoisotopic (exact) mass is 319 g/mol. The van der Waals surface area contributed by atoms with Gasteiger partial charge in [0.1, 0.15) is 5.82 Å². The van der Waals surface area contributed by atoms with E-state index in [0.29, 0.717) is 13.1 Å². The van der Waals surface area contributed by atoms with Gasteiger partial charge in [0.15, 0.2) is 0 Å². The minimum Gasteiger partial charge on any atom is -0.369 e. The van der Waals surface area contributed by atoms with Crippen molar-refractivity contribution in [2.75, 3.05) is 24.5 Å². The molecule has 2 N–H and O–H groups in total. The molecule has 2 saturated heterocycles. The maximum absolute atomic E-state index is 13.3. The van der Waals surface area contributed by atoms with Crippen LogP contribution in [0.3, 0.4) is 0 Å². The molecule has 1 aromatic rings. The normalized spacial score (nSPS) is 24.4. The van der Waals surface area contributed by atoms with Crippen molar-refractivity contribution in [2.24, 2.45) is 5.92 Å². The van der Waals surface area contributed by atoms with Crippen LogP contribution in [0, 0.1) is 18.7 Å². The molecule has 0 bridgehead atoms. The van der Waals surface area contributed by atoms with Crippen molar-refractivity contribution in [2.45, 2.75) is 32.2 Å². The second-order valence-corrected chi connectivity index (χ2v) is 6.43. The van der Waals surface area contributed by atoms with Crippen molar-refractivity contribution < 1.29 is 14.0 Å². The first-order valence-electron chi connectivity index (χ1n) is 8.11. The lowest BCUT2D eigenvalue weighted by atomic mass is 10.0. The zero-order valence-electron chi connectivity index (χ0n) is 13.3. The summed E-state index contributed by atoms with van der Waals surface area (Å²) in [7, 11) is 0. The molecule has 0 aliphatic carbocycles. The molecule has 2 amide bonds. The number of benzene rings is 1. The van der Waals surface area contributed by atoms with Gasteiger partial charge < -0.3 is 15.5 Å². The second kappa shape index (κ2) is 6.56. The summed E-state index contributed by atoms with van der Waals surface area (Å²) < 4.78 is 13.3. The summed E-state index contributed by atoms with van der Waals surface area (Å²) in [6.07, 6.45) is 2.18. The van der Waals surface area contributed by atoms with Crippen LogP contribution in [0.15, 0.2) is 18.2 Å². The molecule has 2 fully saturated rings. The maximum atomic E-state index is 13.3. The smallest absolute Gasteiger partial charge is 0.225 e. The van der Waals surface area contributed by atoms with Crippen molar-refractivity contribution in [1.29, 1.82) is 0 Å². The average molecular weight is 319 g/mol.